The van der Waals surface area contributed by atoms with Crippen LogP contribution >= 0.6 is 0 Å². The van der Waals surface area contributed by atoms with E-state index in [1.54, 1.807) is 0 Å². The van der Waals surface area contributed by atoms with E-state index in [1.165, 1.54) is 25.7 Å². The molecule has 2 aliphatic rings. The summed E-state index contributed by atoms with van der Waals surface area (Å²) in [6.45, 7) is 5.59. The van der Waals surface area contributed by atoms with Gasteiger partial charge < -0.3 is 4.74 Å². The molecule has 1 aromatic rings. The predicted molar refractivity (Wildman–Crippen MR) is 69.8 cm³/mol. The van der Waals surface area contributed by atoms with Crippen molar-refractivity contribution in [2.45, 2.75) is 64.4 Å². The molecule has 1 heterocycles. The highest BCUT2D eigenvalue weighted by molar-refractivity contribution is 5.88. The summed E-state index contributed by atoms with van der Waals surface area (Å²) in [5.74, 6) is 0.0210. The summed E-state index contributed by atoms with van der Waals surface area (Å²) in [5.41, 5.74) is 1.12. The van der Waals surface area contributed by atoms with Crippen LogP contribution in [0.3, 0.4) is 0 Å². The first-order valence-electron chi connectivity index (χ1n) is 7.05. The van der Waals surface area contributed by atoms with E-state index < -0.39 is 5.60 Å². The lowest BCUT2D eigenvalue weighted by Gasteiger charge is -2.20. The summed E-state index contributed by atoms with van der Waals surface area (Å²) in [6, 6.07) is 0. The van der Waals surface area contributed by atoms with Crippen molar-refractivity contribution in [3.63, 3.8) is 0 Å². The van der Waals surface area contributed by atoms with E-state index in [-0.39, 0.29) is 5.97 Å². The normalized spacial score (nSPS) is 24.7. The lowest BCUT2D eigenvalue weighted by atomic mass is 9.89. The van der Waals surface area contributed by atoms with Gasteiger partial charge in [0.15, 0.2) is 5.69 Å². The molecule has 0 amide bonds. The van der Waals surface area contributed by atoms with Crippen molar-refractivity contribution in [3.05, 3.63) is 11.4 Å². The maximum atomic E-state index is 12.2. The number of rotatable bonds is 2. The van der Waals surface area contributed by atoms with Crippen molar-refractivity contribution in [1.82, 2.24) is 15.4 Å². The summed E-state index contributed by atoms with van der Waals surface area (Å²) in [5, 5.41) is 10.9. The van der Waals surface area contributed by atoms with Crippen molar-refractivity contribution in [2.24, 2.45) is 5.41 Å². The summed E-state index contributed by atoms with van der Waals surface area (Å²) >= 11 is 0. The lowest BCUT2D eigenvalue weighted by Crippen LogP contribution is -2.25. The highest BCUT2D eigenvalue weighted by atomic mass is 16.6. The van der Waals surface area contributed by atoms with Gasteiger partial charge in [-0.1, -0.05) is 6.42 Å². The van der Waals surface area contributed by atoms with Gasteiger partial charge in [-0.2, -0.15) is 10.3 Å². The summed E-state index contributed by atoms with van der Waals surface area (Å²) in [4.78, 5) is 12.2. The van der Waals surface area contributed by atoms with Crippen LogP contribution in [0.1, 0.15) is 75.0 Å². The number of ether oxygens (including phenoxy) is 1. The Kier molecular flexibility index (Phi) is 2.69. The quantitative estimate of drug-likeness (QED) is 0.833. The van der Waals surface area contributed by atoms with E-state index >= 15 is 0 Å². The van der Waals surface area contributed by atoms with Crippen LogP contribution in [-0.4, -0.2) is 27.0 Å². The standard InChI is InChI=1S/C14H21N3O2/c1-13(2,3)19-12(18)11-10(15-17-16-11)9-5-4-6-14(9)7-8-14/h9H,4-8H2,1-3H3,(H,15,16,17). The molecule has 0 radical (unpaired) electrons. The van der Waals surface area contributed by atoms with Crippen LogP contribution in [0.4, 0.5) is 0 Å². The second-order valence-corrected chi connectivity index (χ2v) is 6.87. The first-order chi connectivity index (χ1) is 8.91. The minimum atomic E-state index is -0.500. The Balaban J connectivity index is 1.85. The fraction of sp³-hybridized carbons (Fsp3) is 0.786. The summed E-state index contributed by atoms with van der Waals surface area (Å²) in [7, 11) is 0. The van der Waals surface area contributed by atoms with Crippen LogP contribution in [0.2, 0.25) is 0 Å². The van der Waals surface area contributed by atoms with Gasteiger partial charge in [-0.3, -0.25) is 0 Å². The Morgan fingerprint density at radius 2 is 2.05 bits per heavy atom. The number of H-pyrrole nitrogens is 1. The average Bonchev–Trinajstić information content (AvgIpc) is 2.71. The van der Waals surface area contributed by atoms with E-state index in [0.717, 1.165) is 12.1 Å². The predicted octanol–water partition coefficient (Wildman–Crippen LogP) is 2.81. The third kappa shape index (κ3) is 2.26. The van der Waals surface area contributed by atoms with Gasteiger partial charge in [0, 0.05) is 5.92 Å². The molecule has 1 atom stereocenters. The van der Waals surface area contributed by atoms with Crippen LogP contribution in [-0.2, 0) is 4.74 Å². The number of hydrogen-bond donors (Lipinski definition) is 1. The van der Waals surface area contributed by atoms with Gasteiger partial charge in [0.2, 0.25) is 0 Å². The van der Waals surface area contributed by atoms with Crippen molar-refractivity contribution in [1.29, 1.82) is 0 Å². The highest BCUT2D eigenvalue weighted by Crippen LogP contribution is 2.64. The lowest BCUT2D eigenvalue weighted by molar-refractivity contribution is 0.00607. The number of carbonyl (C=O) groups excluding carboxylic acids is 1. The van der Waals surface area contributed by atoms with Crippen molar-refractivity contribution in [2.75, 3.05) is 0 Å². The van der Waals surface area contributed by atoms with Crippen LogP contribution in [0, 0.1) is 5.41 Å². The van der Waals surface area contributed by atoms with Crippen molar-refractivity contribution < 1.29 is 9.53 Å². The van der Waals surface area contributed by atoms with E-state index in [2.05, 4.69) is 15.4 Å². The van der Waals surface area contributed by atoms with Gasteiger partial charge >= 0.3 is 5.97 Å². The van der Waals surface area contributed by atoms with Crippen LogP contribution in [0.25, 0.3) is 0 Å². The van der Waals surface area contributed by atoms with Crippen LogP contribution in [0.5, 0.6) is 0 Å². The minimum absolute atomic E-state index is 0.362. The maximum absolute atomic E-state index is 12.2. The van der Waals surface area contributed by atoms with E-state index in [9.17, 15) is 4.79 Å². The molecule has 19 heavy (non-hydrogen) atoms. The molecule has 0 saturated heterocycles. The van der Waals surface area contributed by atoms with Gasteiger partial charge in [0.25, 0.3) is 0 Å². The number of esters is 1. The number of nitrogens with one attached hydrogen (secondary N) is 1. The first kappa shape index (κ1) is 12.6. The van der Waals surface area contributed by atoms with Gasteiger partial charge in [-0.05, 0) is 51.9 Å². The molecule has 1 spiro atoms. The molecule has 2 saturated carbocycles. The molecule has 104 valence electrons. The third-order valence-corrected chi connectivity index (χ3v) is 4.30. The number of aromatic nitrogens is 3. The molecule has 0 aliphatic heterocycles. The molecule has 1 aromatic heterocycles. The molecule has 5 nitrogen and oxygen atoms in total. The Hall–Kier alpha value is -1.39. The van der Waals surface area contributed by atoms with Crippen molar-refractivity contribution in [3.8, 4) is 0 Å². The molecule has 2 fully saturated rings. The molecule has 1 N–H and O–H groups in total. The monoisotopic (exact) mass is 263 g/mol. The largest absolute Gasteiger partial charge is 0.455 e. The van der Waals surface area contributed by atoms with Crippen LogP contribution in [0.15, 0.2) is 0 Å². The summed E-state index contributed by atoms with van der Waals surface area (Å²) < 4.78 is 5.41. The van der Waals surface area contributed by atoms with E-state index in [4.69, 9.17) is 4.74 Å². The number of hydrogen-bond acceptors (Lipinski definition) is 4. The first-order valence-corrected chi connectivity index (χ1v) is 7.05. The van der Waals surface area contributed by atoms with Gasteiger partial charge in [0.1, 0.15) is 11.3 Å². The SMILES string of the molecule is CC(C)(C)OC(=O)c1n[nH]nc1C1CCCC12CC2. The van der Waals surface area contributed by atoms with Crippen molar-refractivity contribution >= 4 is 5.97 Å². The fourth-order valence-electron chi connectivity index (χ4n) is 3.28. The fourth-order valence-corrected chi connectivity index (χ4v) is 3.28. The molecule has 3 rings (SSSR count). The molecular formula is C14H21N3O2. The Bertz CT molecular complexity index is 497. The summed E-state index contributed by atoms with van der Waals surface area (Å²) in [6.07, 6.45) is 6.13. The van der Waals surface area contributed by atoms with E-state index in [0.29, 0.717) is 17.0 Å². The molecular weight excluding hydrogens is 242 g/mol. The Morgan fingerprint density at radius 3 is 2.68 bits per heavy atom. The van der Waals surface area contributed by atoms with Crippen LogP contribution < -0.4 is 0 Å². The third-order valence-electron chi connectivity index (χ3n) is 4.30. The minimum Gasteiger partial charge on any atom is -0.455 e. The van der Waals surface area contributed by atoms with Gasteiger partial charge in [-0.15, -0.1) is 5.10 Å². The molecule has 5 heteroatoms. The average molecular weight is 263 g/mol. The van der Waals surface area contributed by atoms with Gasteiger partial charge in [-0.25, -0.2) is 4.79 Å². The second-order valence-electron chi connectivity index (χ2n) is 6.87. The Labute approximate surface area is 113 Å². The Morgan fingerprint density at radius 1 is 1.32 bits per heavy atom. The molecule has 1 unspecified atom stereocenters. The number of carbonyl (C=O) groups is 1. The molecule has 0 bridgehead atoms. The number of nitrogens with zero attached hydrogens (tertiary/aromatic N) is 2. The molecule has 0 aromatic carbocycles. The van der Waals surface area contributed by atoms with Gasteiger partial charge in [0.05, 0.1) is 0 Å². The zero-order chi connectivity index (χ0) is 13.7. The van der Waals surface area contributed by atoms with E-state index in [1.807, 2.05) is 20.8 Å². The molecule has 2 aliphatic carbocycles. The smallest absolute Gasteiger partial charge is 0.361 e. The zero-order valence-electron chi connectivity index (χ0n) is 11.8. The topological polar surface area (TPSA) is 67.9 Å². The highest BCUT2D eigenvalue weighted by Gasteiger charge is 2.54. The number of aromatic amines is 1. The maximum Gasteiger partial charge on any atom is 0.361 e. The zero-order valence-corrected chi connectivity index (χ0v) is 11.8. The second kappa shape index (κ2) is 4.05.